The molecular weight excluding hydrogens is 402 g/mol. The van der Waals surface area contributed by atoms with Gasteiger partial charge in [0.1, 0.15) is 11.5 Å². The van der Waals surface area contributed by atoms with Gasteiger partial charge in [0.25, 0.3) is 0 Å². The van der Waals surface area contributed by atoms with E-state index >= 15 is 0 Å². The Kier molecular flexibility index (Phi) is 6.89. The summed E-state index contributed by atoms with van der Waals surface area (Å²) >= 11 is 0. The molecule has 8 heteroatoms. The number of carbonyl (C=O) groups is 2. The topological polar surface area (TPSA) is 67.2 Å². The van der Waals surface area contributed by atoms with Crippen LogP contribution < -0.4 is 5.32 Å². The number of amides is 1. The number of rotatable bonds is 5. The van der Waals surface area contributed by atoms with Crippen molar-refractivity contribution in [2.45, 2.75) is 84.2 Å². The Morgan fingerprint density at radius 1 is 1.23 bits per heavy atom. The first-order valence-electron chi connectivity index (χ1n) is 11.3. The van der Waals surface area contributed by atoms with Gasteiger partial charge in [-0.2, -0.15) is 0 Å². The van der Waals surface area contributed by atoms with Crippen molar-refractivity contribution in [1.29, 1.82) is 0 Å². The summed E-state index contributed by atoms with van der Waals surface area (Å²) in [5.41, 5.74) is 0.905. The summed E-state index contributed by atoms with van der Waals surface area (Å²) in [6.45, 7) is 8.09. The maximum Gasteiger partial charge on any atom is 0.248 e. The summed E-state index contributed by atoms with van der Waals surface area (Å²) in [6, 6.07) is 0. The van der Waals surface area contributed by atoms with Crippen molar-refractivity contribution < 1.29 is 18.4 Å². The van der Waals surface area contributed by atoms with E-state index in [0.717, 1.165) is 31.0 Å². The zero-order chi connectivity index (χ0) is 23.0. The number of nitrogens with one attached hydrogen (secondary N) is 1. The largest absolute Gasteiger partial charge is 0.359 e. The van der Waals surface area contributed by atoms with Gasteiger partial charge in [-0.1, -0.05) is 20.8 Å². The van der Waals surface area contributed by atoms with Gasteiger partial charge < -0.3 is 14.8 Å². The van der Waals surface area contributed by atoms with Crippen molar-refractivity contribution in [2.75, 3.05) is 20.6 Å². The fourth-order valence-electron chi connectivity index (χ4n) is 4.83. The summed E-state index contributed by atoms with van der Waals surface area (Å²) < 4.78 is 29.5. The molecule has 0 bridgehead atoms. The lowest BCUT2D eigenvalue weighted by molar-refractivity contribution is -0.127. The number of fused-ring (bicyclic) bond motifs is 1. The molecule has 2 aliphatic rings. The van der Waals surface area contributed by atoms with Gasteiger partial charge in [-0.3, -0.25) is 9.59 Å². The van der Waals surface area contributed by atoms with E-state index in [4.69, 9.17) is 4.98 Å². The lowest BCUT2D eigenvalue weighted by Crippen LogP contribution is -2.37. The van der Waals surface area contributed by atoms with Gasteiger partial charge >= 0.3 is 0 Å². The molecule has 1 aliphatic heterocycles. The molecule has 3 rings (SSSR count). The number of hydrogen-bond donors (Lipinski definition) is 1. The van der Waals surface area contributed by atoms with E-state index in [1.54, 1.807) is 7.05 Å². The van der Waals surface area contributed by atoms with E-state index in [1.807, 2.05) is 27.8 Å². The molecule has 0 radical (unpaired) electrons. The van der Waals surface area contributed by atoms with Crippen LogP contribution in [0.3, 0.4) is 0 Å². The summed E-state index contributed by atoms with van der Waals surface area (Å²) in [7, 11) is 3.60. The highest BCUT2D eigenvalue weighted by Crippen LogP contribution is 2.41. The van der Waals surface area contributed by atoms with Gasteiger partial charge in [-0.25, -0.2) is 13.8 Å². The highest BCUT2D eigenvalue weighted by molar-refractivity contribution is 5.98. The minimum atomic E-state index is -2.60. The van der Waals surface area contributed by atoms with Crippen LogP contribution in [0.2, 0.25) is 0 Å². The molecular formula is C23H36F2N4O2. The van der Waals surface area contributed by atoms with Gasteiger partial charge in [-0.15, -0.1) is 0 Å². The molecule has 0 unspecified atom stereocenters. The second-order valence-electron chi connectivity index (χ2n) is 10.3. The van der Waals surface area contributed by atoms with E-state index in [2.05, 4.69) is 14.8 Å². The maximum absolute atomic E-state index is 13.7. The van der Waals surface area contributed by atoms with Crippen LogP contribution >= 0.6 is 0 Å². The highest BCUT2D eigenvalue weighted by Gasteiger charge is 2.39. The Labute approximate surface area is 183 Å². The standard InChI is InChI=1S/C23H36F2N4O2/c1-22(2,3)16(21(31)26-4)13-18(30)19-17-14-28(5)11-6-12-29(17)20(27-19)15-7-9-23(24,25)10-8-15/h15-16H,6-14H2,1-5H3,(H,26,31)/t16-/m1/s1. The second kappa shape index (κ2) is 8.96. The first-order chi connectivity index (χ1) is 14.4. The molecule has 174 valence electrons. The Morgan fingerprint density at radius 3 is 2.45 bits per heavy atom. The number of imidazole rings is 1. The van der Waals surface area contributed by atoms with Crippen LogP contribution in [-0.2, 0) is 17.9 Å². The van der Waals surface area contributed by atoms with Crippen molar-refractivity contribution >= 4 is 11.7 Å². The fraction of sp³-hybridized carbons (Fsp3) is 0.783. The third kappa shape index (κ3) is 5.33. The molecule has 1 fully saturated rings. The number of ketones is 1. The number of Topliss-reactive ketones (excluding diaryl/α,β-unsaturated/α-hetero) is 1. The first-order valence-corrected chi connectivity index (χ1v) is 11.3. The van der Waals surface area contributed by atoms with Gasteiger partial charge in [-0.05, 0) is 38.3 Å². The molecule has 0 spiro atoms. The van der Waals surface area contributed by atoms with E-state index < -0.39 is 11.8 Å². The molecule has 1 aromatic rings. The number of alkyl halides is 2. The average molecular weight is 439 g/mol. The number of nitrogens with zero attached hydrogens (tertiary/aromatic N) is 3. The molecule has 6 nitrogen and oxygen atoms in total. The van der Waals surface area contributed by atoms with Crippen LogP contribution in [0.15, 0.2) is 0 Å². The minimum absolute atomic E-state index is 0.0549. The number of hydrogen-bond acceptors (Lipinski definition) is 4. The van der Waals surface area contributed by atoms with E-state index in [9.17, 15) is 18.4 Å². The molecule has 1 saturated carbocycles. The smallest absolute Gasteiger partial charge is 0.248 e. The summed E-state index contributed by atoms with van der Waals surface area (Å²) in [5.74, 6) is -2.65. The predicted molar refractivity (Wildman–Crippen MR) is 115 cm³/mol. The van der Waals surface area contributed by atoms with Crippen molar-refractivity contribution in [3.8, 4) is 0 Å². The van der Waals surface area contributed by atoms with E-state index in [0.29, 0.717) is 25.1 Å². The average Bonchev–Trinajstić information content (AvgIpc) is 2.91. The third-order valence-electron chi connectivity index (χ3n) is 6.79. The minimum Gasteiger partial charge on any atom is -0.359 e. The van der Waals surface area contributed by atoms with Crippen LogP contribution in [0.1, 0.15) is 87.2 Å². The van der Waals surface area contributed by atoms with Crippen molar-refractivity contribution in [2.24, 2.45) is 11.3 Å². The van der Waals surface area contributed by atoms with Crippen LogP contribution in [0.5, 0.6) is 0 Å². The number of halogens is 2. The Hall–Kier alpha value is -1.83. The predicted octanol–water partition coefficient (Wildman–Crippen LogP) is 3.99. The molecule has 1 amide bonds. The molecule has 0 aromatic carbocycles. The van der Waals surface area contributed by atoms with E-state index in [-0.39, 0.29) is 42.3 Å². The summed E-state index contributed by atoms with van der Waals surface area (Å²) in [5, 5.41) is 2.68. The summed E-state index contributed by atoms with van der Waals surface area (Å²) in [4.78, 5) is 32.8. The zero-order valence-corrected chi connectivity index (χ0v) is 19.4. The zero-order valence-electron chi connectivity index (χ0n) is 19.4. The molecule has 2 heterocycles. The second-order valence-corrected chi connectivity index (χ2v) is 10.3. The van der Waals surface area contributed by atoms with Crippen LogP contribution in [0.25, 0.3) is 0 Å². The normalized spacial score (nSPS) is 21.3. The monoisotopic (exact) mass is 438 g/mol. The Bertz CT molecular complexity index is 818. The number of carbonyl (C=O) groups excluding carboxylic acids is 2. The molecule has 1 atom stereocenters. The molecule has 0 saturated heterocycles. The molecule has 1 N–H and O–H groups in total. The van der Waals surface area contributed by atoms with Gasteiger partial charge in [0.2, 0.25) is 11.8 Å². The van der Waals surface area contributed by atoms with Gasteiger partial charge in [0.15, 0.2) is 5.78 Å². The van der Waals surface area contributed by atoms with Crippen LogP contribution in [0, 0.1) is 11.3 Å². The number of aromatic nitrogens is 2. The quantitative estimate of drug-likeness (QED) is 0.706. The Balaban J connectivity index is 1.95. The Morgan fingerprint density at radius 2 is 1.87 bits per heavy atom. The van der Waals surface area contributed by atoms with E-state index in [1.165, 1.54) is 0 Å². The SMILES string of the molecule is CNC(=O)[C@@H](CC(=O)c1nc(C2CCC(F)(F)CC2)n2c1CN(C)CCC2)C(C)(C)C. The third-order valence-corrected chi connectivity index (χ3v) is 6.79. The lowest BCUT2D eigenvalue weighted by atomic mass is 9.77. The lowest BCUT2D eigenvalue weighted by Gasteiger charge is -2.28. The molecule has 31 heavy (non-hydrogen) atoms. The van der Waals surface area contributed by atoms with Crippen molar-refractivity contribution in [3.05, 3.63) is 17.2 Å². The maximum atomic E-state index is 13.7. The molecule has 1 aromatic heterocycles. The van der Waals surface area contributed by atoms with Crippen LogP contribution in [-0.4, -0.2) is 52.7 Å². The fourth-order valence-corrected chi connectivity index (χ4v) is 4.83. The molecule has 1 aliphatic carbocycles. The van der Waals surface area contributed by atoms with Gasteiger partial charge in [0, 0.05) is 45.3 Å². The summed E-state index contributed by atoms with van der Waals surface area (Å²) in [6.07, 6.45) is 1.51. The van der Waals surface area contributed by atoms with Crippen molar-refractivity contribution in [1.82, 2.24) is 19.8 Å². The highest BCUT2D eigenvalue weighted by atomic mass is 19.3. The van der Waals surface area contributed by atoms with Crippen LogP contribution in [0.4, 0.5) is 8.78 Å². The van der Waals surface area contributed by atoms with Gasteiger partial charge in [0.05, 0.1) is 11.6 Å². The van der Waals surface area contributed by atoms with Crippen molar-refractivity contribution in [3.63, 3.8) is 0 Å². The first kappa shape index (κ1) is 23.8.